The first-order chi connectivity index (χ1) is 10.7. The van der Waals surface area contributed by atoms with Gasteiger partial charge in [-0.25, -0.2) is 4.68 Å². The van der Waals surface area contributed by atoms with E-state index in [-0.39, 0.29) is 0 Å². The summed E-state index contributed by atoms with van der Waals surface area (Å²) < 4.78 is 2.07. The Hall–Kier alpha value is -1.48. The van der Waals surface area contributed by atoms with E-state index in [9.17, 15) is 0 Å². The summed E-state index contributed by atoms with van der Waals surface area (Å²) in [5.74, 6) is 1.82. The molecule has 0 radical (unpaired) electrons. The number of nitrogens with one attached hydrogen (secondary N) is 1. The highest BCUT2D eigenvalue weighted by atomic mass is 35.5. The zero-order valence-electron chi connectivity index (χ0n) is 13.0. The molecule has 2 heterocycles. The van der Waals surface area contributed by atoms with E-state index in [4.69, 9.17) is 16.7 Å². The molecule has 22 heavy (non-hydrogen) atoms. The molecular weight excluding hydrogens is 294 g/mol. The van der Waals surface area contributed by atoms with Crippen molar-refractivity contribution in [1.82, 2.24) is 9.78 Å². The van der Waals surface area contributed by atoms with Crippen molar-refractivity contribution in [3.63, 3.8) is 0 Å². The molecule has 0 unspecified atom stereocenters. The van der Waals surface area contributed by atoms with Crippen LogP contribution in [0.1, 0.15) is 54.8 Å². The third-order valence-electron chi connectivity index (χ3n) is 5.07. The molecule has 0 amide bonds. The first-order valence-electron chi connectivity index (χ1n) is 8.36. The van der Waals surface area contributed by atoms with Gasteiger partial charge in [0.1, 0.15) is 5.82 Å². The second-order valence-corrected chi connectivity index (χ2v) is 6.98. The summed E-state index contributed by atoms with van der Waals surface area (Å²) in [6.45, 7) is 3.05. The van der Waals surface area contributed by atoms with Crippen LogP contribution in [0.3, 0.4) is 0 Å². The molecular formula is C18H22ClN3. The van der Waals surface area contributed by atoms with Gasteiger partial charge in [-0.15, -0.1) is 0 Å². The van der Waals surface area contributed by atoms with E-state index in [0.29, 0.717) is 5.92 Å². The molecule has 1 N–H and O–H groups in total. The van der Waals surface area contributed by atoms with Crippen LogP contribution < -0.4 is 5.32 Å². The third-order valence-corrected chi connectivity index (χ3v) is 5.48. The Labute approximate surface area is 136 Å². The quantitative estimate of drug-likeness (QED) is 0.858. The molecule has 1 aliphatic heterocycles. The predicted octanol–water partition coefficient (Wildman–Crippen LogP) is 4.85. The molecule has 1 aliphatic carbocycles. The third kappa shape index (κ3) is 2.32. The Balaban J connectivity index is 1.78. The Morgan fingerprint density at radius 2 is 2.05 bits per heavy atom. The van der Waals surface area contributed by atoms with Gasteiger partial charge in [0.15, 0.2) is 0 Å². The Morgan fingerprint density at radius 1 is 1.23 bits per heavy atom. The summed E-state index contributed by atoms with van der Waals surface area (Å²) >= 11 is 6.31. The lowest BCUT2D eigenvalue weighted by Gasteiger charge is -2.20. The molecule has 1 fully saturated rings. The molecule has 2 aromatic rings. The van der Waals surface area contributed by atoms with Gasteiger partial charge in [0.25, 0.3) is 0 Å². The average Bonchev–Trinajstić information content (AvgIpc) is 3.13. The molecule has 0 spiro atoms. The summed E-state index contributed by atoms with van der Waals surface area (Å²) in [6, 6.07) is 6.20. The van der Waals surface area contributed by atoms with Gasteiger partial charge in [0.05, 0.1) is 11.4 Å². The normalized spacial score (nSPS) is 18.3. The lowest BCUT2D eigenvalue weighted by molar-refractivity contribution is 0.433. The number of hydrogen-bond acceptors (Lipinski definition) is 2. The number of halogens is 1. The van der Waals surface area contributed by atoms with Crippen molar-refractivity contribution in [2.45, 2.75) is 51.4 Å². The maximum Gasteiger partial charge on any atom is 0.133 e. The van der Waals surface area contributed by atoms with E-state index in [1.165, 1.54) is 49.2 Å². The van der Waals surface area contributed by atoms with E-state index >= 15 is 0 Å². The predicted molar refractivity (Wildman–Crippen MR) is 91.3 cm³/mol. The van der Waals surface area contributed by atoms with E-state index < -0.39 is 0 Å². The molecule has 4 heteroatoms. The van der Waals surface area contributed by atoms with Crippen LogP contribution in [-0.4, -0.2) is 16.3 Å². The summed E-state index contributed by atoms with van der Waals surface area (Å²) in [5, 5.41) is 9.31. The highest BCUT2D eigenvalue weighted by Gasteiger charge is 2.28. The fourth-order valence-corrected chi connectivity index (χ4v) is 3.98. The second-order valence-electron chi connectivity index (χ2n) is 6.57. The van der Waals surface area contributed by atoms with Crippen LogP contribution >= 0.6 is 11.6 Å². The fraction of sp³-hybridized carbons (Fsp3) is 0.500. The van der Waals surface area contributed by atoms with Gasteiger partial charge in [-0.2, -0.15) is 5.10 Å². The van der Waals surface area contributed by atoms with Crippen LogP contribution in [-0.2, 0) is 6.42 Å². The average molecular weight is 316 g/mol. The lowest BCUT2D eigenvalue weighted by atomic mass is 9.85. The van der Waals surface area contributed by atoms with Crippen LogP contribution in [0, 0.1) is 6.92 Å². The largest absolute Gasteiger partial charge is 0.369 e. The zero-order valence-corrected chi connectivity index (χ0v) is 13.8. The summed E-state index contributed by atoms with van der Waals surface area (Å²) in [6.07, 6.45) is 7.74. The highest BCUT2D eigenvalue weighted by Crippen LogP contribution is 2.39. The number of aryl methyl sites for hydroxylation is 1. The van der Waals surface area contributed by atoms with Gasteiger partial charge in [-0.1, -0.05) is 36.9 Å². The SMILES string of the molecule is Cc1ccc(-n2nc(C3CCCCC3)c3c2NCC3)cc1Cl. The van der Waals surface area contributed by atoms with Crippen molar-refractivity contribution >= 4 is 17.4 Å². The van der Waals surface area contributed by atoms with Gasteiger partial charge >= 0.3 is 0 Å². The van der Waals surface area contributed by atoms with Crippen molar-refractivity contribution < 1.29 is 0 Å². The fourth-order valence-electron chi connectivity index (χ4n) is 3.81. The van der Waals surface area contributed by atoms with Crippen molar-refractivity contribution in [3.8, 4) is 5.69 Å². The van der Waals surface area contributed by atoms with Gasteiger partial charge < -0.3 is 5.32 Å². The maximum absolute atomic E-state index is 6.31. The number of benzene rings is 1. The van der Waals surface area contributed by atoms with Gasteiger partial charge in [0.2, 0.25) is 0 Å². The molecule has 1 saturated carbocycles. The Morgan fingerprint density at radius 3 is 2.82 bits per heavy atom. The minimum absolute atomic E-state index is 0.643. The number of rotatable bonds is 2. The van der Waals surface area contributed by atoms with E-state index in [0.717, 1.165) is 29.2 Å². The first-order valence-corrected chi connectivity index (χ1v) is 8.74. The number of hydrogen-bond donors (Lipinski definition) is 1. The van der Waals surface area contributed by atoms with Crippen molar-refractivity contribution in [2.75, 3.05) is 11.9 Å². The lowest BCUT2D eigenvalue weighted by Crippen LogP contribution is -2.09. The van der Waals surface area contributed by atoms with Gasteiger partial charge in [0, 0.05) is 23.0 Å². The Kier molecular flexibility index (Phi) is 3.61. The van der Waals surface area contributed by atoms with E-state index in [2.05, 4.69) is 22.1 Å². The van der Waals surface area contributed by atoms with Gasteiger partial charge in [-0.3, -0.25) is 0 Å². The molecule has 3 nitrogen and oxygen atoms in total. The second kappa shape index (κ2) is 5.62. The number of nitrogens with zero attached hydrogens (tertiary/aromatic N) is 2. The summed E-state index contributed by atoms with van der Waals surface area (Å²) in [7, 11) is 0. The first kappa shape index (κ1) is 14.1. The van der Waals surface area contributed by atoms with Crippen LogP contribution in [0.2, 0.25) is 5.02 Å². The molecule has 1 aromatic carbocycles. The summed E-state index contributed by atoms with van der Waals surface area (Å²) in [5.41, 5.74) is 4.93. The van der Waals surface area contributed by atoms with Crippen molar-refractivity contribution in [2.24, 2.45) is 0 Å². The highest BCUT2D eigenvalue weighted by molar-refractivity contribution is 6.31. The zero-order chi connectivity index (χ0) is 15.1. The minimum atomic E-state index is 0.643. The standard InChI is InChI=1S/C18H22ClN3/c1-12-7-8-14(11-16(12)19)22-18-15(9-10-20-18)17(21-22)13-5-3-2-4-6-13/h7-8,11,13,20H,2-6,9-10H2,1H3. The topological polar surface area (TPSA) is 29.9 Å². The molecule has 4 rings (SSSR count). The molecule has 2 aliphatic rings. The smallest absolute Gasteiger partial charge is 0.133 e. The summed E-state index contributed by atoms with van der Waals surface area (Å²) in [4.78, 5) is 0. The molecule has 0 saturated heterocycles. The molecule has 1 aromatic heterocycles. The van der Waals surface area contributed by atoms with Crippen LogP contribution in [0.15, 0.2) is 18.2 Å². The monoisotopic (exact) mass is 315 g/mol. The molecule has 0 atom stereocenters. The van der Waals surface area contributed by atoms with Crippen LogP contribution in [0.4, 0.5) is 5.82 Å². The van der Waals surface area contributed by atoms with Crippen LogP contribution in [0.25, 0.3) is 5.69 Å². The van der Waals surface area contributed by atoms with E-state index in [1.54, 1.807) is 0 Å². The van der Waals surface area contributed by atoms with E-state index in [1.807, 2.05) is 13.0 Å². The van der Waals surface area contributed by atoms with Crippen molar-refractivity contribution in [3.05, 3.63) is 40.0 Å². The van der Waals surface area contributed by atoms with Crippen LogP contribution in [0.5, 0.6) is 0 Å². The van der Waals surface area contributed by atoms with Gasteiger partial charge in [-0.05, 0) is 43.9 Å². The number of fused-ring (bicyclic) bond motifs is 1. The number of anilines is 1. The van der Waals surface area contributed by atoms with Crippen molar-refractivity contribution in [1.29, 1.82) is 0 Å². The molecule has 0 bridgehead atoms. The maximum atomic E-state index is 6.31. The molecule has 116 valence electrons. The minimum Gasteiger partial charge on any atom is -0.369 e. The number of aromatic nitrogens is 2. The Bertz CT molecular complexity index is 699.